The zero-order valence-corrected chi connectivity index (χ0v) is 22.3. The van der Waals surface area contributed by atoms with Gasteiger partial charge in [0.15, 0.2) is 10.8 Å². The van der Waals surface area contributed by atoms with Crippen LogP contribution in [0, 0.1) is 12.3 Å². The van der Waals surface area contributed by atoms with Gasteiger partial charge >= 0.3 is 0 Å². The third-order valence-electron chi connectivity index (χ3n) is 7.79. The van der Waals surface area contributed by atoms with Gasteiger partial charge in [0.1, 0.15) is 0 Å². The van der Waals surface area contributed by atoms with E-state index in [4.69, 9.17) is 0 Å². The van der Waals surface area contributed by atoms with Crippen molar-refractivity contribution < 1.29 is 9.59 Å². The van der Waals surface area contributed by atoms with Crippen molar-refractivity contribution >= 4 is 44.3 Å². The second kappa shape index (κ2) is 9.75. The summed E-state index contributed by atoms with van der Waals surface area (Å²) < 4.78 is 0.898. The molecule has 194 valence electrons. The number of aromatic nitrogens is 4. The first-order chi connectivity index (χ1) is 18.4. The van der Waals surface area contributed by atoms with Crippen LogP contribution in [0.25, 0.3) is 21.5 Å². The van der Waals surface area contributed by atoms with E-state index in [1.165, 1.54) is 11.3 Å². The second-order valence-corrected chi connectivity index (χ2v) is 11.3. The molecule has 6 heterocycles. The lowest BCUT2D eigenvalue weighted by Crippen LogP contribution is -2.42. The number of likely N-dealkylation sites (tertiary alicyclic amines) is 1. The fraction of sp³-hybridized carbons (Fsp3) is 0.357. The number of aryl methyl sites for hydroxylation is 1. The highest BCUT2D eigenvalue weighted by atomic mass is 32.1. The molecule has 1 N–H and O–H groups in total. The summed E-state index contributed by atoms with van der Waals surface area (Å²) in [5, 5.41) is 3.48. The van der Waals surface area contributed by atoms with Gasteiger partial charge in [-0.3, -0.25) is 24.9 Å². The molecule has 4 aromatic heterocycles. The average molecular weight is 528 g/mol. The van der Waals surface area contributed by atoms with Gasteiger partial charge in [0.25, 0.3) is 5.91 Å². The quantitative estimate of drug-likeness (QED) is 0.415. The predicted octanol–water partition coefficient (Wildman–Crippen LogP) is 4.55. The van der Waals surface area contributed by atoms with Crippen molar-refractivity contribution in [2.75, 3.05) is 36.4 Å². The van der Waals surface area contributed by atoms with Gasteiger partial charge in [-0.25, -0.2) is 4.98 Å². The maximum atomic E-state index is 13.4. The van der Waals surface area contributed by atoms with Crippen LogP contribution in [0.1, 0.15) is 42.2 Å². The third-order valence-corrected chi connectivity index (χ3v) is 8.70. The first-order valence-corrected chi connectivity index (χ1v) is 13.7. The van der Waals surface area contributed by atoms with Gasteiger partial charge in [0.05, 0.1) is 16.0 Å². The molecule has 6 rings (SSSR count). The largest absolute Gasteiger partial charge is 0.371 e. The Kier molecular flexibility index (Phi) is 6.27. The lowest BCUT2D eigenvalue weighted by atomic mass is 9.77. The summed E-state index contributed by atoms with van der Waals surface area (Å²) in [5.74, 6) is -0.0727. The standard InChI is InChI=1S/C28H29N7O2S/c1-18-13-23(34-10-5-28(6-11-34)7-12-35(17-28)19(2)36)22(16-30-18)26(37)33-27-32-25-24(38-27)14-21(15-31-25)20-3-8-29-9-4-20/h3-4,8-9,13-16H,5-7,10-12,17H2,1-2H3,(H,31,32,33,37). The number of anilines is 2. The minimum absolute atomic E-state index is 0.159. The van der Waals surface area contributed by atoms with Gasteiger partial charge in [-0.05, 0) is 61.4 Å². The number of amides is 2. The number of hydrogen-bond acceptors (Lipinski definition) is 8. The molecule has 0 bridgehead atoms. The van der Waals surface area contributed by atoms with Crippen molar-refractivity contribution in [3.8, 4) is 11.1 Å². The van der Waals surface area contributed by atoms with Gasteiger partial charge in [0, 0.05) is 69.1 Å². The molecule has 2 amide bonds. The zero-order valence-electron chi connectivity index (χ0n) is 21.5. The number of rotatable bonds is 4. The molecule has 1 spiro atoms. The topological polar surface area (TPSA) is 104 Å². The third kappa shape index (κ3) is 4.71. The highest BCUT2D eigenvalue weighted by molar-refractivity contribution is 7.22. The summed E-state index contributed by atoms with van der Waals surface area (Å²) in [7, 11) is 0. The predicted molar refractivity (Wildman–Crippen MR) is 148 cm³/mol. The molecule has 4 aromatic rings. The second-order valence-electron chi connectivity index (χ2n) is 10.3. The number of piperidine rings is 1. The van der Waals surface area contributed by atoms with Crippen LogP contribution in [0.4, 0.5) is 10.8 Å². The Morgan fingerprint density at radius 3 is 2.50 bits per heavy atom. The Labute approximate surface area is 225 Å². The maximum Gasteiger partial charge on any atom is 0.261 e. The van der Waals surface area contributed by atoms with Crippen LogP contribution in [0.5, 0.6) is 0 Å². The zero-order chi connectivity index (χ0) is 26.3. The SMILES string of the molecule is CC(=O)N1CCC2(CCN(c3cc(C)ncc3C(=O)Nc3nc4ncc(-c5ccncc5)cc4s3)CC2)C1. The summed E-state index contributed by atoms with van der Waals surface area (Å²) in [6, 6.07) is 7.90. The van der Waals surface area contributed by atoms with E-state index in [0.29, 0.717) is 16.3 Å². The molecule has 9 nitrogen and oxygen atoms in total. The van der Waals surface area contributed by atoms with Crippen LogP contribution < -0.4 is 10.2 Å². The molecule has 0 saturated carbocycles. The highest BCUT2D eigenvalue weighted by Gasteiger charge is 2.41. The van der Waals surface area contributed by atoms with Crippen molar-refractivity contribution in [3.05, 3.63) is 60.3 Å². The monoisotopic (exact) mass is 527 g/mol. The molecule has 0 aliphatic carbocycles. The lowest BCUT2D eigenvalue weighted by Gasteiger charge is -2.40. The molecule has 0 unspecified atom stereocenters. The van der Waals surface area contributed by atoms with Crippen LogP contribution in [0.15, 0.2) is 49.1 Å². The Morgan fingerprint density at radius 1 is 1.00 bits per heavy atom. The van der Waals surface area contributed by atoms with Crippen LogP contribution in [-0.4, -0.2) is 62.8 Å². The van der Waals surface area contributed by atoms with Crippen molar-refractivity contribution in [2.45, 2.75) is 33.1 Å². The van der Waals surface area contributed by atoms with Gasteiger partial charge in [-0.2, -0.15) is 4.98 Å². The summed E-state index contributed by atoms with van der Waals surface area (Å²) in [6.07, 6.45) is 10.0. The number of carbonyl (C=O) groups excluding carboxylic acids is 2. The minimum Gasteiger partial charge on any atom is -0.371 e. The fourth-order valence-corrected chi connectivity index (χ4v) is 6.42. The lowest BCUT2D eigenvalue weighted by molar-refractivity contribution is -0.128. The van der Waals surface area contributed by atoms with Gasteiger partial charge in [-0.15, -0.1) is 0 Å². The van der Waals surface area contributed by atoms with Gasteiger partial charge in [-0.1, -0.05) is 11.3 Å². The Hall–Kier alpha value is -3.92. The molecule has 2 aliphatic rings. The molecule has 0 radical (unpaired) electrons. The Bertz CT molecular complexity index is 1510. The number of nitrogens with zero attached hydrogens (tertiary/aromatic N) is 6. The molecule has 2 saturated heterocycles. The molecule has 2 fully saturated rings. The highest BCUT2D eigenvalue weighted by Crippen LogP contribution is 2.42. The molecular formula is C28H29N7O2S. The number of thiazole rings is 1. The van der Waals surface area contributed by atoms with Crippen LogP contribution in [0.2, 0.25) is 0 Å². The summed E-state index contributed by atoms with van der Waals surface area (Å²) in [6.45, 7) is 6.97. The van der Waals surface area contributed by atoms with E-state index in [-0.39, 0.29) is 17.2 Å². The van der Waals surface area contributed by atoms with Crippen LogP contribution >= 0.6 is 11.3 Å². The number of fused-ring (bicyclic) bond motifs is 1. The maximum absolute atomic E-state index is 13.4. The first kappa shape index (κ1) is 24.4. The van der Waals surface area contributed by atoms with Crippen molar-refractivity contribution in [2.24, 2.45) is 5.41 Å². The number of nitrogens with one attached hydrogen (secondary N) is 1. The van der Waals surface area contributed by atoms with Crippen molar-refractivity contribution in [1.82, 2.24) is 24.8 Å². The van der Waals surface area contributed by atoms with Gasteiger partial charge < -0.3 is 9.80 Å². The van der Waals surface area contributed by atoms with E-state index in [0.717, 1.165) is 72.6 Å². The molecule has 0 atom stereocenters. The average Bonchev–Trinajstić information content (AvgIpc) is 3.53. The molecule has 38 heavy (non-hydrogen) atoms. The molecular weight excluding hydrogens is 498 g/mol. The molecule has 2 aliphatic heterocycles. The van der Waals surface area contributed by atoms with Crippen molar-refractivity contribution in [1.29, 1.82) is 0 Å². The first-order valence-electron chi connectivity index (χ1n) is 12.8. The fourth-order valence-electron chi connectivity index (χ4n) is 5.56. The van der Waals surface area contributed by atoms with Crippen LogP contribution in [-0.2, 0) is 4.79 Å². The van der Waals surface area contributed by atoms with E-state index in [9.17, 15) is 9.59 Å². The number of hydrogen-bond donors (Lipinski definition) is 1. The summed E-state index contributed by atoms with van der Waals surface area (Å²) in [5.41, 5.74) is 5.09. The summed E-state index contributed by atoms with van der Waals surface area (Å²) >= 11 is 1.40. The number of pyridine rings is 3. The van der Waals surface area contributed by atoms with E-state index in [2.05, 4.69) is 30.2 Å². The minimum atomic E-state index is -0.232. The smallest absolute Gasteiger partial charge is 0.261 e. The van der Waals surface area contributed by atoms with Gasteiger partial charge in [0.2, 0.25) is 5.91 Å². The Balaban J connectivity index is 1.20. The summed E-state index contributed by atoms with van der Waals surface area (Å²) in [4.78, 5) is 47.1. The normalized spacial score (nSPS) is 16.8. The van der Waals surface area contributed by atoms with E-state index in [1.54, 1.807) is 31.7 Å². The molecule has 10 heteroatoms. The van der Waals surface area contributed by atoms with E-state index in [1.807, 2.05) is 36.1 Å². The van der Waals surface area contributed by atoms with E-state index < -0.39 is 0 Å². The van der Waals surface area contributed by atoms with E-state index >= 15 is 0 Å². The number of carbonyl (C=O) groups is 2. The molecule has 0 aromatic carbocycles. The van der Waals surface area contributed by atoms with Crippen LogP contribution in [0.3, 0.4) is 0 Å². The Morgan fingerprint density at radius 2 is 1.76 bits per heavy atom. The van der Waals surface area contributed by atoms with Crippen molar-refractivity contribution in [3.63, 3.8) is 0 Å².